The molecule has 98 valence electrons. The number of rotatable bonds is 2. The Morgan fingerprint density at radius 3 is 2.47 bits per heavy atom. The Kier molecular flexibility index (Phi) is 3.63. The van der Waals surface area contributed by atoms with Crippen molar-refractivity contribution in [1.82, 2.24) is 0 Å². The summed E-state index contributed by atoms with van der Waals surface area (Å²) in [6.07, 6.45) is 7.35. The molecule has 0 aliphatic heterocycles. The maximum Gasteiger partial charge on any atom is 0.104 e. The molecule has 0 radical (unpaired) electrons. The van der Waals surface area contributed by atoms with Crippen molar-refractivity contribution >= 4 is 16.8 Å². The first kappa shape index (κ1) is 12.4. The van der Waals surface area contributed by atoms with Gasteiger partial charge in [-0.15, -0.1) is 0 Å². The van der Waals surface area contributed by atoms with Gasteiger partial charge in [0.25, 0.3) is 0 Å². The monoisotopic (exact) mass is 254 g/mol. The zero-order chi connectivity index (χ0) is 13.1. The van der Waals surface area contributed by atoms with Crippen molar-refractivity contribution in [3.8, 4) is 0 Å². The van der Waals surface area contributed by atoms with E-state index in [9.17, 15) is 4.39 Å². The first-order valence-electron chi connectivity index (χ1n) is 7.19. The van der Waals surface area contributed by atoms with Gasteiger partial charge in [-0.2, -0.15) is 0 Å². The molecule has 0 aromatic heterocycles. The van der Waals surface area contributed by atoms with Gasteiger partial charge in [0, 0.05) is 5.92 Å². The summed E-state index contributed by atoms with van der Waals surface area (Å²) >= 11 is 0. The third-order valence-corrected chi connectivity index (χ3v) is 4.07. The summed E-state index contributed by atoms with van der Waals surface area (Å²) in [5.41, 5.74) is 0.974. The zero-order valence-corrected chi connectivity index (χ0v) is 11.1. The van der Waals surface area contributed by atoms with E-state index in [1.807, 2.05) is 18.2 Å². The van der Waals surface area contributed by atoms with E-state index in [0.29, 0.717) is 0 Å². The van der Waals surface area contributed by atoms with Gasteiger partial charge in [0.1, 0.15) is 5.83 Å². The molecule has 0 spiro atoms. The number of allylic oxidation sites excluding steroid dienone is 1. The molecule has 0 N–H and O–H groups in total. The van der Waals surface area contributed by atoms with Gasteiger partial charge in [-0.05, 0) is 41.3 Å². The minimum Gasteiger partial charge on any atom is -0.212 e. The molecule has 0 nitrogen and oxygen atoms in total. The predicted octanol–water partition coefficient (Wildman–Crippen LogP) is 5.73. The Labute approximate surface area is 114 Å². The van der Waals surface area contributed by atoms with E-state index in [4.69, 9.17) is 0 Å². The molecule has 2 aromatic carbocycles. The Balaban J connectivity index is 1.86. The van der Waals surface area contributed by atoms with Crippen LogP contribution in [0.15, 0.2) is 48.3 Å². The zero-order valence-electron chi connectivity index (χ0n) is 11.1. The first-order valence-corrected chi connectivity index (χ1v) is 7.19. The molecule has 0 atom stereocenters. The second-order valence-corrected chi connectivity index (χ2v) is 5.47. The van der Waals surface area contributed by atoms with E-state index < -0.39 is 0 Å². The van der Waals surface area contributed by atoms with E-state index in [-0.39, 0.29) is 11.7 Å². The van der Waals surface area contributed by atoms with Gasteiger partial charge < -0.3 is 0 Å². The van der Waals surface area contributed by atoms with Crippen molar-refractivity contribution in [3.05, 3.63) is 53.9 Å². The van der Waals surface area contributed by atoms with Crippen LogP contribution in [0.4, 0.5) is 4.39 Å². The van der Waals surface area contributed by atoms with Crippen molar-refractivity contribution in [2.45, 2.75) is 32.1 Å². The third kappa shape index (κ3) is 2.86. The van der Waals surface area contributed by atoms with Crippen molar-refractivity contribution in [1.29, 1.82) is 0 Å². The molecule has 1 fully saturated rings. The highest BCUT2D eigenvalue weighted by atomic mass is 19.1. The summed E-state index contributed by atoms with van der Waals surface area (Å²) in [4.78, 5) is 0. The van der Waals surface area contributed by atoms with Gasteiger partial charge >= 0.3 is 0 Å². The van der Waals surface area contributed by atoms with Gasteiger partial charge in [-0.25, -0.2) is 4.39 Å². The lowest BCUT2D eigenvalue weighted by Gasteiger charge is -2.19. The van der Waals surface area contributed by atoms with Crippen LogP contribution in [0.25, 0.3) is 16.8 Å². The largest absolute Gasteiger partial charge is 0.212 e. The van der Waals surface area contributed by atoms with E-state index >= 15 is 0 Å². The minimum atomic E-state index is 0.0648. The molecule has 2 aromatic rings. The molecule has 1 aliphatic rings. The molecule has 19 heavy (non-hydrogen) atoms. The fraction of sp³-hybridized carbons (Fsp3) is 0.333. The highest BCUT2D eigenvalue weighted by Gasteiger charge is 2.17. The van der Waals surface area contributed by atoms with Crippen molar-refractivity contribution in [2.75, 3.05) is 0 Å². The number of benzene rings is 2. The molecule has 0 heterocycles. The number of halogens is 1. The fourth-order valence-electron chi connectivity index (χ4n) is 2.95. The molecule has 0 bridgehead atoms. The van der Waals surface area contributed by atoms with Crippen LogP contribution in [-0.2, 0) is 0 Å². The highest BCUT2D eigenvalue weighted by Crippen LogP contribution is 2.31. The quantitative estimate of drug-likeness (QED) is 0.642. The van der Waals surface area contributed by atoms with Gasteiger partial charge in [-0.3, -0.25) is 0 Å². The smallest absolute Gasteiger partial charge is 0.104 e. The number of fused-ring (bicyclic) bond motifs is 1. The predicted molar refractivity (Wildman–Crippen MR) is 79.6 cm³/mol. The SMILES string of the molecule is F/C(=C/c1ccc2ccccc2c1)C1CCCCC1. The lowest BCUT2D eigenvalue weighted by molar-refractivity contribution is 0.351. The summed E-state index contributed by atoms with van der Waals surface area (Å²) in [6, 6.07) is 14.3. The second kappa shape index (κ2) is 5.56. The van der Waals surface area contributed by atoms with Crippen LogP contribution in [0, 0.1) is 5.92 Å². The molecular weight excluding hydrogens is 235 g/mol. The van der Waals surface area contributed by atoms with Crippen molar-refractivity contribution < 1.29 is 4.39 Å². The highest BCUT2D eigenvalue weighted by molar-refractivity contribution is 5.84. The molecule has 0 amide bonds. The van der Waals surface area contributed by atoms with E-state index in [0.717, 1.165) is 18.4 Å². The lowest BCUT2D eigenvalue weighted by Crippen LogP contribution is -2.06. The molecule has 0 saturated heterocycles. The average molecular weight is 254 g/mol. The maximum atomic E-state index is 14.2. The summed E-state index contributed by atoms with van der Waals surface area (Å²) in [7, 11) is 0. The van der Waals surface area contributed by atoms with E-state index in [2.05, 4.69) is 24.3 Å². The minimum absolute atomic E-state index is 0.0648. The topological polar surface area (TPSA) is 0 Å². The fourth-order valence-corrected chi connectivity index (χ4v) is 2.95. The number of hydrogen-bond donors (Lipinski definition) is 0. The molecular formula is C18H19F. The standard InChI is InChI=1S/C18H19F/c19-18(16-7-2-1-3-8-16)13-14-10-11-15-6-4-5-9-17(15)12-14/h4-6,9-13,16H,1-3,7-8H2/b18-13+. The molecule has 1 heteroatoms. The summed E-state index contributed by atoms with van der Waals surface area (Å²) in [5.74, 6) is 0.218. The van der Waals surface area contributed by atoms with Gasteiger partial charge in [0.05, 0.1) is 0 Å². The van der Waals surface area contributed by atoms with Crippen LogP contribution in [0.3, 0.4) is 0 Å². The Morgan fingerprint density at radius 1 is 0.947 bits per heavy atom. The van der Waals surface area contributed by atoms with Crippen molar-refractivity contribution in [3.63, 3.8) is 0 Å². The summed E-state index contributed by atoms with van der Waals surface area (Å²) < 4.78 is 14.2. The Morgan fingerprint density at radius 2 is 1.68 bits per heavy atom. The van der Waals surface area contributed by atoms with E-state index in [1.54, 1.807) is 6.08 Å². The maximum absolute atomic E-state index is 14.2. The molecule has 0 unspecified atom stereocenters. The molecule has 1 aliphatic carbocycles. The molecule has 3 rings (SSSR count). The van der Waals surface area contributed by atoms with Crippen LogP contribution in [0.1, 0.15) is 37.7 Å². The van der Waals surface area contributed by atoms with Crippen molar-refractivity contribution in [2.24, 2.45) is 5.92 Å². The Bertz CT molecular complexity index is 591. The first-order chi connectivity index (χ1) is 9.33. The summed E-state index contributed by atoms with van der Waals surface area (Å²) in [6.45, 7) is 0. The van der Waals surface area contributed by atoms with Gasteiger partial charge in [0.15, 0.2) is 0 Å². The molecule has 1 saturated carbocycles. The third-order valence-electron chi connectivity index (χ3n) is 4.07. The van der Waals surface area contributed by atoms with Crippen LogP contribution in [0.2, 0.25) is 0 Å². The van der Waals surface area contributed by atoms with Crippen LogP contribution in [0.5, 0.6) is 0 Å². The normalized spacial score (nSPS) is 17.8. The average Bonchev–Trinajstić information content (AvgIpc) is 2.48. The van der Waals surface area contributed by atoms with Crippen LogP contribution in [-0.4, -0.2) is 0 Å². The van der Waals surface area contributed by atoms with Crippen LogP contribution >= 0.6 is 0 Å². The Hall–Kier alpha value is -1.63. The summed E-state index contributed by atoms with van der Waals surface area (Å²) in [5, 5.41) is 2.38. The van der Waals surface area contributed by atoms with Crippen LogP contribution < -0.4 is 0 Å². The lowest BCUT2D eigenvalue weighted by atomic mass is 9.88. The second-order valence-electron chi connectivity index (χ2n) is 5.47. The van der Waals surface area contributed by atoms with E-state index in [1.165, 1.54) is 30.0 Å². The number of hydrogen-bond acceptors (Lipinski definition) is 0. The van der Waals surface area contributed by atoms with Gasteiger partial charge in [0.2, 0.25) is 0 Å². The van der Waals surface area contributed by atoms with Gasteiger partial charge in [-0.1, -0.05) is 55.7 Å².